The van der Waals surface area contributed by atoms with Crippen LogP contribution in [0.5, 0.6) is 0 Å². The van der Waals surface area contributed by atoms with Gasteiger partial charge >= 0.3 is 0 Å². The molecule has 0 amide bonds. The lowest BCUT2D eigenvalue weighted by atomic mass is 9.76. The molecule has 0 bridgehead atoms. The summed E-state index contributed by atoms with van der Waals surface area (Å²) < 4.78 is 0. The Morgan fingerprint density at radius 3 is 2.33 bits per heavy atom. The molecule has 1 aliphatic carbocycles. The molecule has 0 aromatic heterocycles. The van der Waals surface area contributed by atoms with Crippen LogP contribution in [0, 0.1) is 0 Å². The van der Waals surface area contributed by atoms with Crippen molar-refractivity contribution in [1.82, 2.24) is 0 Å². The van der Waals surface area contributed by atoms with Gasteiger partial charge in [-0.1, -0.05) is 67.9 Å². The van der Waals surface area contributed by atoms with Gasteiger partial charge in [-0.05, 0) is 36.3 Å². The summed E-state index contributed by atoms with van der Waals surface area (Å²) in [6, 6.07) is 18.4. The maximum atomic E-state index is 13.0. The van der Waals surface area contributed by atoms with Gasteiger partial charge < -0.3 is 0 Å². The molecule has 1 unspecified atom stereocenters. The van der Waals surface area contributed by atoms with Crippen molar-refractivity contribution in [3.05, 3.63) is 71.3 Å². The lowest BCUT2D eigenvalue weighted by Crippen LogP contribution is -2.18. The van der Waals surface area contributed by atoms with Crippen LogP contribution >= 0.6 is 0 Å². The molecular weight excluding hydrogens is 256 g/mol. The third-order valence-corrected chi connectivity index (χ3v) is 4.70. The molecule has 0 saturated heterocycles. The van der Waals surface area contributed by atoms with Crippen LogP contribution in [0.2, 0.25) is 0 Å². The van der Waals surface area contributed by atoms with E-state index in [9.17, 15) is 4.79 Å². The summed E-state index contributed by atoms with van der Waals surface area (Å²) in [7, 11) is 0. The molecule has 108 valence electrons. The van der Waals surface area contributed by atoms with Crippen LogP contribution in [-0.2, 0) is 0 Å². The van der Waals surface area contributed by atoms with E-state index in [2.05, 4.69) is 31.2 Å². The number of hydrogen-bond donors (Lipinski definition) is 0. The number of hydrogen-bond acceptors (Lipinski definition) is 1. The summed E-state index contributed by atoms with van der Waals surface area (Å²) in [5.41, 5.74) is 3.34. The van der Waals surface area contributed by atoms with Crippen molar-refractivity contribution in [3.8, 4) is 0 Å². The largest absolute Gasteiger partial charge is 0.293 e. The quantitative estimate of drug-likeness (QED) is 0.675. The zero-order valence-corrected chi connectivity index (χ0v) is 12.6. The molecule has 2 aromatic carbocycles. The van der Waals surface area contributed by atoms with E-state index < -0.39 is 0 Å². The molecule has 0 radical (unpaired) electrons. The first-order valence-electron chi connectivity index (χ1n) is 7.99. The first-order chi connectivity index (χ1) is 10.3. The average molecular weight is 278 g/mol. The van der Waals surface area contributed by atoms with Crippen molar-refractivity contribution >= 4 is 5.78 Å². The van der Waals surface area contributed by atoms with Crippen molar-refractivity contribution in [2.45, 2.75) is 44.4 Å². The fraction of sp³-hybridized carbons (Fsp3) is 0.350. The average Bonchev–Trinajstić information content (AvgIpc) is 2.48. The van der Waals surface area contributed by atoms with Crippen molar-refractivity contribution in [2.75, 3.05) is 0 Å². The molecule has 1 fully saturated rings. The second kappa shape index (κ2) is 6.26. The third kappa shape index (κ3) is 2.78. The van der Waals surface area contributed by atoms with Crippen LogP contribution in [0.15, 0.2) is 54.6 Å². The van der Waals surface area contributed by atoms with E-state index in [1.54, 1.807) is 0 Å². The van der Waals surface area contributed by atoms with Crippen LogP contribution in [0.4, 0.5) is 0 Å². The second-order valence-corrected chi connectivity index (χ2v) is 5.95. The fourth-order valence-corrected chi connectivity index (χ4v) is 3.24. The minimum Gasteiger partial charge on any atom is -0.293 e. The van der Waals surface area contributed by atoms with Crippen molar-refractivity contribution < 1.29 is 4.79 Å². The Kier molecular flexibility index (Phi) is 4.19. The predicted octanol–water partition coefficient (Wildman–Crippen LogP) is 5.33. The Morgan fingerprint density at radius 2 is 1.71 bits per heavy atom. The minimum absolute atomic E-state index is 0.0209. The summed E-state index contributed by atoms with van der Waals surface area (Å²) in [5, 5.41) is 0. The number of ketones is 1. The number of carbonyl (C=O) groups excluding carboxylic acids is 1. The molecule has 2 aromatic rings. The first-order valence-corrected chi connectivity index (χ1v) is 7.99. The van der Waals surface area contributed by atoms with Gasteiger partial charge in [0.05, 0.1) is 0 Å². The molecule has 1 nitrogen and oxygen atoms in total. The molecular formula is C20H22O. The molecule has 1 saturated carbocycles. The Labute approximate surface area is 127 Å². The number of rotatable bonds is 5. The highest BCUT2D eigenvalue weighted by atomic mass is 16.1. The summed E-state index contributed by atoms with van der Waals surface area (Å²) in [4.78, 5) is 13.0. The van der Waals surface area contributed by atoms with Crippen LogP contribution in [0.1, 0.15) is 65.9 Å². The van der Waals surface area contributed by atoms with Crippen LogP contribution in [-0.4, -0.2) is 5.78 Å². The maximum absolute atomic E-state index is 13.0. The molecule has 1 heteroatoms. The maximum Gasteiger partial charge on any atom is 0.170 e. The SMILES string of the molecule is CCC(C(=O)c1ccccc1C1CCC1)c1ccccc1. The lowest BCUT2D eigenvalue weighted by Gasteiger charge is -2.28. The Balaban J connectivity index is 1.94. The summed E-state index contributed by atoms with van der Waals surface area (Å²) in [6.45, 7) is 2.10. The third-order valence-electron chi connectivity index (χ3n) is 4.70. The smallest absolute Gasteiger partial charge is 0.170 e. The van der Waals surface area contributed by atoms with Gasteiger partial charge in [-0.3, -0.25) is 4.79 Å². The van der Waals surface area contributed by atoms with Crippen molar-refractivity contribution in [1.29, 1.82) is 0 Å². The van der Waals surface area contributed by atoms with E-state index in [1.807, 2.05) is 30.3 Å². The standard InChI is InChI=1S/C20H22O/c1-2-17(15-9-4-3-5-10-15)20(21)19-14-7-6-13-18(19)16-11-8-12-16/h3-7,9-10,13-14,16-17H,2,8,11-12H2,1H3. The first kappa shape index (κ1) is 14.1. The highest BCUT2D eigenvalue weighted by Crippen LogP contribution is 2.39. The molecule has 1 aliphatic rings. The van der Waals surface area contributed by atoms with Gasteiger partial charge in [0.15, 0.2) is 5.78 Å². The number of Topliss-reactive ketones (excluding diaryl/α,β-unsaturated/α-hetero) is 1. The zero-order valence-electron chi connectivity index (χ0n) is 12.6. The van der Waals surface area contributed by atoms with Gasteiger partial charge in [0.2, 0.25) is 0 Å². The van der Waals surface area contributed by atoms with E-state index in [0.29, 0.717) is 5.92 Å². The monoisotopic (exact) mass is 278 g/mol. The normalized spacial score (nSPS) is 16.2. The Hall–Kier alpha value is -1.89. The molecule has 0 N–H and O–H groups in total. The van der Waals surface area contributed by atoms with E-state index >= 15 is 0 Å². The zero-order chi connectivity index (χ0) is 14.7. The van der Waals surface area contributed by atoms with Crippen LogP contribution in [0.25, 0.3) is 0 Å². The minimum atomic E-state index is -0.0209. The molecule has 0 spiro atoms. The van der Waals surface area contributed by atoms with Gasteiger partial charge in [0.25, 0.3) is 0 Å². The fourth-order valence-electron chi connectivity index (χ4n) is 3.24. The highest BCUT2D eigenvalue weighted by Gasteiger charge is 2.27. The second-order valence-electron chi connectivity index (χ2n) is 5.95. The summed E-state index contributed by atoms with van der Waals surface area (Å²) in [5.74, 6) is 0.858. The van der Waals surface area contributed by atoms with E-state index in [1.165, 1.54) is 24.8 Å². The van der Waals surface area contributed by atoms with Gasteiger partial charge in [-0.2, -0.15) is 0 Å². The Bertz CT molecular complexity index is 611. The predicted molar refractivity (Wildman–Crippen MR) is 86.8 cm³/mol. The van der Waals surface area contributed by atoms with Gasteiger partial charge in [-0.15, -0.1) is 0 Å². The lowest BCUT2D eigenvalue weighted by molar-refractivity contribution is 0.0955. The van der Waals surface area contributed by atoms with Crippen molar-refractivity contribution in [3.63, 3.8) is 0 Å². The topological polar surface area (TPSA) is 17.1 Å². The van der Waals surface area contributed by atoms with Gasteiger partial charge in [0.1, 0.15) is 0 Å². The van der Waals surface area contributed by atoms with Crippen LogP contribution in [0.3, 0.4) is 0 Å². The molecule has 21 heavy (non-hydrogen) atoms. The summed E-state index contributed by atoms with van der Waals surface area (Å²) >= 11 is 0. The van der Waals surface area contributed by atoms with Gasteiger partial charge in [-0.25, -0.2) is 0 Å². The van der Waals surface area contributed by atoms with Gasteiger partial charge in [0, 0.05) is 11.5 Å². The van der Waals surface area contributed by atoms with E-state index in [-0.39, 0.29) is 11.7 Å². The molecule has 1 atom stereocenters. The summed E-state index contributed by atoms with van der Waals surface area (Å²) in [6.07, 6.45) is 4.60. The molecule has 0 heterocycles. The van der Waals surface area contributed by atoms with E-state index in [0.717, 1.165) is 17.5 Å². The molecule has 0 aliphatic heterocycles. The van der Waals surface area contributed by atoms with Crippen molar-refractivity contribution in [2.24, 2.45) is 0 Å². The highest BCUT2D eigenvalue weighted by molar-refractivity contribution is 6.02. The molecule has 3 rings (SSSR count). The Morgan fingerprint density at radius 1 is 1.05 bits per heavy atom. The number of benzene rings is 2. The van der Waals surface area contributed by atoms with Crippen LogP contribution < -0.4 is 0 Å². The number of carbonyl (C=O) groups is 1. The van der Waals surface area contributed by atoms with E-state index in [4.69, 9.17) is 0 Å².